The maximum Gasteiger partial charge on any atom is 0.0266 e. The molecule has 0 saturated carbocycles. The summed E-state index contributed by atoms with van der Waals surface area (Å²) in [4.78, 5) is 0. The van der Waals surface area contributed by atoms with Gasteiger partial charge in [0.1, 0.15) is 0 Å². The minimum absolute atomic E-state index is 0. The number of hydrogen-bond donors (Lipinski definition) is 1. The molecule has 2 aromatic carbocycles. The molecule has 0 aliphatic rings. The van der Waals surface area contributed by atoms with Crippen LogP contribution in [0.25, 0.3) is 11.1 Å². The van der Waals surface area contributed by atoms with Gasteiger partial charge in [0, 0.05) is 6.04 Å². The van der Waals surface area contributed by atoms with E-state index in [0.29, 0.717) is 0 Å². The maximum atomic E-state index is 5.89. The molecular weight excluding hydrogens is 230 g/mol. The van der Waals surface area contributed by atoms with Crippen molar-refractivity contribution in [3.8, 4) is 11.1 Å². The van der Waals surface area contributed by atoms with Crippen LogP contribution in [0.3, 0.4) is 0 Å². The largest absolute Gasteiger partial charge is 0.324 e. The van der Waals surface area contributed by atoms with Crippen LogP contribution < -0.4 is 5.73 Å². The van der Waals surface area contributed by atoms with Gasteiger partial charge in [-0.2, -0.15) is 0 Å². The van der Waals surface area contributed by atoms with Crippen LogP contribution in [0, 0.1) is 6.92 Å². The molecule has 0 saturated heterocycles. The average molecular weight is 248 g/mol. The summed E-state index contributed by atoms with van der Waals surface area (Å²) in [5.41, 5.74) is 10.8. The Balaban J connectivity index is 0.00000144. The second-order valence-electron chi connectivity index (χ2n) is 4.28. The van der Waals surface area contributed by atoms with Gasteiger partial charge in [-0.05, 0) is 36.6 Å². The summed E-state index contributed by atoms with van der Waals surface area (Å²) in [5.74, 6) is 0. The molecule has 2 heteroatoms. The SMILES string of the molecule is Cc1cccc(-c2cccc(C(C)N)c2)c1.Cl. The van der Waals surface area contributed by atoms with Crippen molar-refractivity contribution in [3.05, 3.63) is 59.7 Å². The fraction of sp³-hybridized carbons (Fsp3) is 0.200. The first-order valence-electron chi connectivity index (χ1n) is 5.59. The number of nitrogens with two attached hydrogens (primary N) is 1. The summed E-state index contributed by atoms with van der Waals surface area (Å²) in [6.45, 7) is 4.12. The van der Waals surface area contributed by atoms with Crippen molar-refractivity contribution in [3.63, 3.8) is 0 Å². The van der Waals surface area contributed by atoms with Crippen molar-refractivity contribution < 1.29 is 0 Å². The van der Waals surface area contributed by atoms with Crippen LogP contribution in [0.15, 0.2) is 48.5 Å². The number of benzene rings is 2. The number of hydrogen-bond acceptors (Lipinski definition) is 1. The number of aryl methyl sites for hydroxylation is 1. The monoisotopic (exact) mass is 247 g/mol. The smallest absolute Gasteiger partial charge is 0.0266 e. The summed E-state index contributed by atoms with van der Waals surface area (Å²) in [5, 5.41) is 0. The van der Waals surface area contributed by atoms with Crippen LogP contribution in [0.5, 0.6) is 0 Å². The topological polar surface area (TPSA) is 26.0 Å². The highest BCUT2D eigenvalue weighted by atomic mass is 35.5. The molecular formula is C15H18ClN. The molecule has 2 aromatic rings. The van der Waals surface area contributed by atoms with E-state index >= 15 is 0 Å². The first kappa shape index (κ1) is 13.8. The Labute approximate surface area is 109 Å². The summed E-state index contributed by atoms with van der Waals surface area (Å²) >= 11 is 0. The van der Waals surface area contributed by atoms with Crippen LogP contribution in [0.4, 0.5) is 0 Å². The molecule has 1 unspecified atom stereocenters. The van der Waals surface area contributed by atoms with E-state index in [1.54, 1.807) is 0 Å². The van der Waals surface area contributed by atoms with Gasteiger partial charge in [-0.15, -0.1) is 12.4 Å². The molecule has 1 atom stereocenters. The summed E-state index contributed by atoms with van der Waals surface area (Å²) < 4.78 is 0. The number of halogens is 1. The summed E-state index contributed by atoms with van der Waals surface area (Å²) in [6.07, 6.45) is 0. The Bertz CT molecular complexity index is 492. The van der Waals surface area contributed by atoms with Crippen molar-refractivity contribution in [2.75, 3.05) is 0 Å². The molecule has 2 rings (SSSR count). The Hall–Kier alpha value is -1.31. The Morgan fingerprint density at radius 2 is 1.53 bits per heavy atom. The minimum atomic E-state index is 0. The fourth-order valence-electron chi connectivity index (χ4n) is 1.83. The van der Waals surface area contributed by atoms with Gasteiger partial charge in [0.05, 0.1) is 0 Å². The molecule has 2 N–H and O–H groups in total. The number of rotatable bonds is 2. The van der Waals surface area contributed by atoms with Crippen LogP contribution in [0.2, 0.25) is 0 Å². The maximum absolute atomic E-state index is 5.89. The molecule has 1 nitrogen and oxygen atoms in total. The van der Waals surface area contributed by atoms with Gasteiger partial charge < -0.3 is 5.73 Å². The third kappa shape index (κ3) is 3.32. The van der Waals surface area contributed by atoms with E-state index in [0.717, 1.165) is 0 Å². The van der Waals surface area contributed by atoms with E-state index in [1.807, 2.05) is 6.92 Å². The molecule has 0 bridgehead atoms. The van der Waals surface area contributed by atoms with E-state index in [2.05, 4.69) is 55.5 Å². The lowest BCUT2D eigenvalue weighted by molar-refractivity contribution is 0.819. The summed E-state index contributed by atoms with van der Waals surface area (Å²) in [7, 11) is 0. The van der Waals surface area contributed by atoms with Crippen molar-refractivity contribution in [2.45, 2.75) is 19.9 Å². The Morgan fingerprint density at radius 3 is 2.12 bits per heavy atom. The van der Waals surface area contributed by atoms with Crippen molar-refractivity contribution in [1.82, 2.24) is 0 Å². The van der Waals surface area contributed by atoms with Gasteiger partial charge in [-0.3, -0.25) is 0 Å². The van der Waals surface area contributed by atoms with E-state index in [-0.39, 0.29) is 18.4 Å². The molecule has 0 radical (unpaired) electrons. The standard InChI is InChI=1S/C15H17N.ClH/c1-11-5-3-7-14(9-11)15-8-4-6-13(10-15)12(2)16;/h3-10,12H,16H2,1-2H3;1H. The molecule has 0 amide bonds. The molecule has 0 aliphatic heterocycles. The van der Waals surface area contributed by atoms with E-state index < -0.39 is 0 Å². The molecule has 90 valence electrons. The van der Waals surface area contributed by atoms with Gasteiger partial charge in [-0.1, -0.05) is 48.0 Å². The molecule has 17 heavy (non-hydrogen) atoms. The van der Waals surface area contributed by atoms with E-state index in [9.17, 15) is 0 Å². The predicted molar refractivity (Wildman–Crippen MR) is 76.5 cm³/mol. The lowest BCUT2D eigenvalue weighted by atomic mass is 9.99. The summed E-state index contributed by atoms with van der Waals surface area (Å²) in [6, 6.07) is 17.0. The molecule has 0 heterocycles. The zero-order valence-electron chi connectivity index (χ0n) is 10.2. The molecule has 0 aliphatic carbocycles. The Kier molecular flexibility index (Phi) is 4.73. The van der Waals surface area contributed by atoms with Crippen LogP contribution in [0.1, 0.15) is 24.1 Å². The Morgan fingerprint density at radius 1 is 0.941 bits per heavy atom. The highest BCUT2D eigenvalue weighted by molar-refractivity contribution is 5.85. The first-order chi connectivity index (χ1) is 7.66. The minimum Gasteiger partial charge on any atom is -0.324 e. The van der Waals surface area contributed by atoms with Gasteiger partial charge in [-0.25, -0.2) is 0 Å². The van der Waals surface area contributed by atoms with Crippen LogP contribution in [-0.2, 0) is 0 Å². The molecule has 0 aromatic heterocycles. The third-order valence-corrected chi connectivity index (χ3v) is 2.76. The third-order valence-electron chi connectivity index (χ3n) is 2.76. The molecule has 0 spiro atoms. The highest BCUT2D eigenvalue weighted by Gasteiger charge is 2.02. The normalized spacial score (nSPS) is 11.7. The van der Waals surface area contributed by atoms with Gasteiger partial charge in [0.2, 0.25) is 0 Å². The fourth-order valence-corrected chi connectivity index (χ4v) is 1.83. The zero-order chi connectivity index (χ0) is 11.5. The zero-order valence-corrected chi connectivity index (χ0v) is 11.0. The van der Waals surface area contributed by atoms with Gasteiger partial charge >= 0.3 is 0 Å². The molecule has 0 fully saturated rings. The second-order valence-corrected chi connectivity index (χ2v) is 4.28. The van der Waals surface area contributed by atoms with Crippen LogP contribution in [-0.4, -0.2) is 0 Å². The quantitative estimate of drug-likeness (QED) is 0.850. The van der Waals surface area contributed by atoms with Crippen LogP contribution >= 0.6 is 12.4 Å². The predicted octanol–water partition coefficient (Wildman–Crippen LogP) is 4.10. The van der Waals surface area contributed by atoms with Gasteiger partial charge in [0.15, 0.2) is 0 Å². The van der Waals surface area contributed by atoms with E-state index in [4.69, 9.17) is 5.73 Å². The second kappa shape index (κ2) is 5.85. The highest BCUT2D eigenvalue weighted by Crippen LogP contribution is 2.23. The van der Waals surface area contributed by atoms with Gasteiger partial charge in [0.25, 0.3) is 0 Å². The van der Waals surface area contributed by atoms with Crippen molar-refractivity contribution in [1.29, 1.82) is 0 Å². The first-order valence-corrected chi connectivity index (χ1v) is 5.59. The lowest BCUT2D eigenvalue weighted by Crippen LogP contribution is -2.04. The van der Waals surface area contributed by atoms with Crippen molar-refractivity contribution in [2.24, 2.45) is 5.73 Å². The van der Waals surface area contributed by atoms with Crippen molar-refractivity contribution >= 4 is 12.4 Å². The average Bonchev–Trinajstić information content (AvgIpc) is 2.29. The van der Waals surface area contributed by atoms with E-state index in [1.165, 1.54) is 22.3 Å². The lowest BCUT2D eigenvalue weighted by Gasteiger charge is -2.08.